The Morgan fingerprint density at radius 1 is 1.05 bits per heavy atom. The third kappa shape index (κ3) is 4.02. The van der Waals surface area contributed by atoms with E-state index in [1.54, 1.807) is 45.0 Å². The first-order valence-electron chi connectivity index (χ1n) is 11.8. The summed E-state index contributed by atoms with van der Waals surface area (Å²) in [4.78, 5) is 20.7. The van der Waals surface area contributed by atoms with Gasteiger partial charge in [0.15, 0.2) is 0 Å². The quantitative estimate of drug-likeness (QED) is 0.268. The summed E-state index contributed by atoms with van der Waals surface area (Å²) in [5.41, 5.74) is 1.71. The van der Waals surface area contributed by atoms with E-state index in [1.807, 2.05) is 0 Å². The Bertz CT molecular complexity index is 1670. The number of hydrogen-bond donors (Lipinski definition) is 1. The normalized spacial score (nSPS) is 12.7. The van der Waals surface area contributed by atoms with Crippen molar-refractivity contribution < 1.29 is 27.6 Å². The van der Waals surface area contributed by atoms with Crippen LogP contribution in [-0.2, 0) is 6.18 Å². The number of halogens is 3. The number of benzene rings is 1. The zero-order chi connectivity index (χ0) is 27.4. The van der Waals surface area contributed by atoms with E-state index in [0.717, 1.165) is 0 Å². The molecule has 0 saturated heterocycles. The molecule has 4 aromatic heterocycles. The maximum absolute atomic E-state index is 15.0. The molecule has 5 aromatic rings. The molecule has 7 nitrogen and oxygen atoms in total. The molecule has 1 aromatic carbocycles. The van der Waals surface area contributed by atoms with Gasteiger partial charge in [-0.15, -0.1) is 0 Å². The molecular weight excluding hydrogens is 497 g/mol. The first-order chi connectivity index (χ1) is 18.0. The number of nitrogens with zero attached hydrogens (tertiary/aromatic N) is 4. The SMILES string of the molecule is Cc1noc(C)c1-c1cnc2c(-c3cccc(C(=O)O)c3C)c(C(F)(F)F)n(C(C)c3ccccn3)c2c1. The summed E-state index contributed by atoms with van der Waals surface area (Å²) in [6, 6.07) is 10.2. The van der Waals surface area contributed by atoms with Crippen molar-refractivity contribution in [1.29, 1.82) is 0 Å². The summed E-state index contributed by atoms with van der Waals surface area (Å²) < 4.78 is 51.4. The maximum atomic E-state index is 15.0. The molecule has 0 spiro atoms. The third-order valence-corrected chi connectivity index (χ3v) is 6.77. The van der Waals surface area contributed by atoms with Gasteiger partial charge in [0.2, 0.25) is 0 Å². The number of carboxylic acid groups (broad SMARTS) is 1. The summed E-state index contributed by atoms with van der Waals surface area (Å²) in [6.45, 7) is 6.62. The van der Waals surface area contributed by atoms with Crippen molar-refractivity contribution in [1.82, 2.24) is 19.7 Å². The minimum atomic E-state index is -4.80. The summed E-state index contributed by atoms with van der Waals surface area (Å²) in [5.74, 6) is -0.710. The molecule has 0 aliphatic carbocycles. The Kier molecular flexibility index (Phi) is 6.05. The van der Waals surface area contributed by atoms with Gasteiger partial charge in [0.05, 0.1) is 34.0 Å². The highest BCUT2D eigenvalue weighted by atomic mass is 19.4. The topological polar surface area (TPSA) is 94.0 Å². The lowest BCUT2D eigenvalue weighted by molar-refractivity contribution is -0.143. The number of carbonyl (C=O) groups is 1. The fourth-order valence-corrected chi connectivity index (χ4v) is 5.04. The average molecular weight is 521 g/mol. The number of fused-ring (bicyclic) bond motifs is 1. The maximum Gasteiger partial charge on any atom is 0.432 e. The molecule has 194 valence electrons. The van der Waals surface area contributed by atoms with E-state index in [-0.39, 0.29) is 33.3 Å². The largest absolute Gasteiger partial charge is 0.478 e. The van der Waals surface area contributed by atoms with Crippen LogP contribution in [0.15, 0.2) is 59.4 Å². The van der Waals surface area contributed by atoms with Crippen molar-refractivity contribution in [2.45, 2.75) is 39.9 Å². The van der Waals surface area contributed by atoms with Gasteiger partial charge in [-0.05, 0) is 63.1 Å². The summed E-state index contributed by atoms with van der Waals surface area (Å²) >= 11 is 0. The zero-order valence-corrected chi connectivity index (χ0v) is 21.0. The van der Waals surface area contributed by atoms with Gasteiger partial charge in [0.1, 0.15) is 11.5 Å². The van der Waals surface area contributed by atoms with Crippen LogP contribution < -0.4 is 0 Å². The van der Waals surface area contributed by atoms with Crippen LogP contribution in [0.3, 0.4) is 0 Å². The van der Waals surface area contributed by atoms with Crippen LogP contribution in [0.5, 0.6) is 0 Å². The summed E-state index contributed by atoms with van der Waals surface area (Å²) in [5, 5.41) is 13.6. The Labute approximate surface area is 215 Å². The Hall–Kier alpha value is -4.47. The molecule has 38 heavy (non-hydrogen) atoms. The second-order valence-electron chi connectivity index (χ2n) is 9.10. The minimum absolute atomic E-state index is 0.0818. The fraction of sp³-hybridized carbons (Fsp3) is 0.214. The highest BCUT2D eigenvalue weighted by Crippen LogP contribution is 2.47. The van der Waals surface area contributed by atoms with E-state index in [9.17, 15) is 23.1 Å². The van der Waals surface area contributed by atoms with Gasteiger partial charge < -0.3 is 14.2 Å². The number of aromatic nitrogens is 4. The van der Waals surface area contributed by atoms with Crippen LogP contribution in [-0.4, -0.2) is 30.8 Å². The lowest BCUT2D eigenvalue weighted by Gasteiger charge is -2.21. The molecular formula is C28H23F3N4O3. The van der Waals surface area contributed by atoms with Gasteiger partial charge in [-0.25, -0.2) is 4.79 Å². The number of pyridine rings is 2. The highest BCUT2D eigenvalue weighted by molar-refractivity contribution is 6.00. The van der Waals surface area contributed by atoms with Gasteiger partial charge >= 0.3 is 12.1 Å². The van der Waals surface area contributed by atoms with E-state index in [1.165, 1.54) is 42.1 Å². The standard InChI is InChI=1S/C28H23F3N4O3/c1-14-19(8-7-9-20(14)27(36)37)24-25-22(12-18(13-33-25)23-15(2)34-38-17(23)4)35(26(24)28(29,30)31)16(3)21-10-5-6-11-32-21/h5-13,16H,1-4H3,(H,36,37). The van der Waals surface area contributed by atoms with Gasteiger partial charge in [-0.2, -0.15) is 13.2 Å². The van der Waals surface area contributed by atoms with Crippen molar-refractivity contribution >= 4 is 17.0 Å². The first-order valence-corrected chi connectivity index (χ1v) is 11.8. The molecule has 0 radical (unpaired) electrons. The first kappa shape index (κ1) is 25.2. The van der Waals surface area contributed by atoms with E-state index >= 15 is 0 Å². The van der Waals surface area contributed by atoms with Crippen LogP contribution in [0.1, 0.15) is 51.7 Å². The summed E-state index contributed by atoms with van der Waals surface area (Å²) in [6.07, 6.45) is -1.78. The van der Waals surface area contributed by atoms with E-state index < -0.39 is 23.9 Å². The van der Waals surface area contributed by atoms with Gasteiger partial charge in [0.25, 0.3) is 0 Å². The lowest BCUT2D eigenvalue weighted by atomic mass is 9.95. The zero-order valence-electron chi connectivity index (χ0n) is 21.0. The van der Waals surface area contributed by atoms with Crippen LogP contribution in [0.4, 0.5) is 13.2 Å². The van der Waals surface area contributed by atoms with Crippen LogP contribution in [0.25, 0.3) is 33.3 Å². The molecule has 0 fully saturated rings. The fourth-order valence-electron chi connectivity index (χ4n) is 5.04. The molecule has 0 aliphatic heterocycles. The van der Waals surface area contributed by atoms with Crippen molar-refractivity contribution in [3.8, 4) is 22.3 Å². The van der Waals surface area contributed by atoms with Gasteiger partial charge in [0, 0.05) is 29.1 Å². The number of carboxylic acids is 1. The van der Waals surface area contributed by atoms with Crippen molar-refractivity contribution in [2.24, 2.45) is 0 Å². The summed E-state index contributed by atoms with van der Waals surface area (Å²) in [7, 11) is 0. The third-order valence-electron chi connectivity index (χ3n) is 6.77. The highest BCUT2D eigenvalue weighted by Gasteiger charge is 2.42. The van der Waals surface area contributed by atoms with Crippen molar-refractivity contribution in [2.75, 3.05) is 0 Å². The number of aryl methyl sites for hydroxylation is 2. The van der Waals surface area contributed by atoms with Crippen molar-refractivity contribution in [3.05, 3.63) is 88.8 Å². The molecule has 0 bridgehead atoms. The number of alkyl halides is 3. The van der Waals surface area contributed by atoms with Crippen LogP contribution in [0, 0.1) is 20.8 Å². The second-order valence-corrected chi connectivity index (χ2v) is 9.10. The number of hydrogen-bond acceptors (Lipinski definition) is 5. The molecule has 4 heterocycles. The van der Waals surface area contributed by atoms with E-state index in [0.29, 0.717) is 28.3 Å². The average Bonchev–Trinajstić information content (AvgIpc) is 3.40. The molecule has 10 heteroatoms. The molecule has 1 atom stereocenters. The molecule has 1 N–H and O–H groups in total. The minimum Gasteiger partial charge on any atom is -0.478 e. The molecule has 1 unspecified atom stereocenters. The molecule has 0 saturated carbocycles. The van der Waals surface area contributed by atoms with E-state index in [4.69, 9.17) is 4.52 Å². The second kappa shape index (κ2) is 9.13. The molecule has 0 amide bonds. The Balaban J connectivity index is 1.94. The Morgan fingerprint density at radius 3 is 2.42 bits per heavy atom. The van der Waals surface area contributed by atoms with Crippen LogP contribution in [0.2, 0.25) is 0 Å². The van der Waals surface area contributed by atoms with Crippen molar-refractivity contribution in [3.63, 3.8) is 0 Å². The predicted octanol–water partition coefficient (Wildman–Crippen LogP) is 7.00. The Morgan fingerprint density at radius 2 is 1.82 bits per heavy atom. The van der Waals surface area contributed by atoms with Gasteiger partial charge in [-0.3, -0.25) is 9.97 Å². The predicted molar refractivity (Wildman–Crippen MR) is 135 cm³/mol. The van der Waals surface area contributed by atoms with Crippen LogP contribution >= 0.6 is 0 Å². The smallest absolute Gasteiger partial charge is 0.432 e. The monoisotopic (exact) mass is 520 g/mol. The van der Waals surface area contributed by atoms with Gasteiger partial charge in [-0.1, -0.05) is 23.4 Å². The number of aromatic carboxylic acids is 1. The number of rotatable bonds is 5. The lowest BCUT2D eigenvalue weighted by Crippen LogP contribution is -2.19. The van der Waals surface area contributed by atoms with E-state index in [2.05, 4.69) is 15.1 Å². The molecule has 5 rings (SSSR count). The molecule has 0 aliphatic rings.